The first-order valence-corrected chi connectivity index (χ1v) is 9.42. The molecule has 1 saturated carbocycles. The Morgan fingerprint density at radius 3 is 2.62 bits per heavy atom. The highest BCUT2D eigenvalue weighted by Crippen LogP contribution is 2.33. The van der Waals surface area contributed by atoms with Gasteiger partial charge in [-0.25, -0.2) is 4.39 Å². The van der Waals surface area contributed by atoms with Crippen molar-refractivity contribution in [2.75, 3.05) is 40.5 Å². The predicted molar refractivity (Wildman–Crippen MR) is 98.0 cm³/mol. The van der Waals surface area contributed by atoms with Gasteiger partial charge in [-0.2, -0.15) is 0 Å². The second-order valence-electron chi connectivity index (χ2n) is 7.57. The van der Waals surface area contributed by atoms with Gasteiger partial charge in [0.25, 0.3) is 5.91 Å². The maximum atomic E-state index is 13.9. The maximum absolute atomic E-state index is 13.9. The first-order valence-electron chi connectivity index (χ1n) is 9.42. The minimum absolute atomic E-state index is 0.143. The van der Waals surface area contributed by atoms with Crippen LogP contribution in [0.4, 0.5) is 4.39 Å². The molecule has 0 spiro atoms. The fourth-order valence-electron chi connectivity index (χ4n) is 3.68. The van der Waals surface area contributed by atoms with Crippen molar-refractivity contribution >= 4 is 5.91 Å². The standard InChI is InChI=1S/C20H29FN2O3/c1-25-12-9-20(7-10-23(11-8-20)14-15-3-4-15)22-19(24)16-5-6-18(26-2)17(21)13-16/h5-6,13,15H,3-4,7-12,14H2,1-2H3,(H,22,24). The summed E-state index contributed by atoms with van der Waals surface area (Å²) in [5, 5.41) is 3.18. The second-order valence-corrected chi connectivity index (χ2v) is 7.57. The zero-order valence-electron chi connectivity index (χ0n) is 15.7. The predicted octanol–water partition coefficient (Wildman–Crippen LogP) is 2.85. The van der Waals surface area contributed by atoms with Crippen molar-refractivity contribution < 1.29 is 18.7 Å². The summed E-state index contributed by atoms with van der Waals surface area (Å²) in [6.45, 7) is 3.74. The first kappa shape index (κ1) is 19.1. The van der Waals surface area contributed by atoms with E-state index in [2.05, 4.69) is 10.2 Å². The Hall–Kier alpha value is -1.66. The van der Waals surface area contributed by atoms with Crippen LogP contribution >= 0.6 is 0 Å². The second kappa shape index (κ2) is 8.35. The van der Waals surface area contributed by atoms with Crippen LogP contribution < -0.4 is 10.1 Å². The molecule has 5 nitrogen and oxygen atoms in total. The molecule has 1 aliphatic heterocycles. The molecule has 1 aliphatic carbocycles. The molecule has 1 saturated heterocycles. The molecule has 1 aromatic carbocycles. The molecule has 6 heteroatoms. The largest absolute Gasteiger partial charge is 0.494 e. The number of likely N-dealkylation sites (tertiary alicyclic amines) is 1. The molecule has 144 valence electrons. The van der Waals surface area contributed by atoms with Crippen LogP contribution in [0.15, 0.2) is 18.2 Å². The van der Waals surface area contributed by atoms with Crippen molar-refractivity contribution in [2.45, 2.75) is 37.6 Å². The lowest BCUT2D eigenvalue weighted by molar-refractivity contribution is 0.0695. The highest BCUT2D eigenvalue weighted by Gasteiger charge is 2.37. The topological polar surface area (TPSA) is 50.8 Å². The van der Waals surface area contributed by atoms with Crippen molar-refractivity contribution in [3.8, 4) is 5.75 Å². The number of nitrogens with zero attached hydrogens (tertiary/aromatic N) is 1. The summed E-state index contributed by atoms with van der Waals surface area (Å²) in [7, 11) is 3.09. The number of carbonyl (C=O) groups is 1. The van der Waals surface area contributed by atoms with E-state index in [4.69, 9.17) is 9.47 Å². The summed E-state index contributed by atoms with van der Waals surface area (Å²) in [6.07, 6.45) is 5.27. The lowest BCUT2D eigenvalue weighted by Crippen LogP contribution is -2.56. The molecule has 0 aromatic heterocycles. The number of piperidine rings is 1. The van der Waals surface area contributed by atoms with Crippen LogP contribution in [0.3, 0.4) is 0 Å². The number of ether oxygens (including phenoxy) is 2. The Balaban J connectivity index is 1.65. The lowest BCUT2D eigenvalue weighted by Gasteiger charge is -2.42. The molecule has 0 radical (unpaired) electrons. The van der Waals surface area contributed by atoms with E-state index in [1.807, 2.05) is 0 Å². The fraction of sp³-hybridized carbons (Fsp3) is 0.650. The third-order valence-corrected chi connectivity index (χ3v) is 5.60. The molecule has 0 atom stereocenters. The van der Waals surface area contributed by atoms with Crippen molar-refractivity contribution in [1.82, 2.24) is 10.2 Å². The van der Waals surface area contributed by atoms with Crippen molar-refractivity contribution in [3.05, 3.63) is 29.6 Å². The number of amides is 1. The minimum atomic E-state index is -0.523. The molecule has 0 unspecified atom stereocenters. The zero-order valence-corrected chi connectivity index (χ0v) is 15.7. The third kappa shape index (κ3) is 4.74. The van der Waals surface area contributed by atoms with Crippen LogP contribution in [0.1, 0.15) is 42.5 Å². The van der Waals surface area contributed by atoms with Crippen molar-refractivity contribution in [2.24, 2.45) is 5.92 Å². The molecule has 1 heterocycles. The Morgan fingerprint density at radius 2 is 2.04 bits per heavy atom. The van der Waals surface area contributed by atoms with Gasteiger partial charge in [0.05, 0.1) is 7.11 Å². The van der Waals surface area contributed by atoms with Gasteiger partial charge in [0.1, 0.15) is 0 Å². The molecule has 2 aliphatic rings. The van der Waals surface area contributed by atoms with Crippen LogP contribution in [0, 0.1) is 11.7 Å². The Labute approximate surface area is 154 Å². The van der Waals surface area contributed by atoms with Crippen molar-refractivity contribution in [3.63, 3.8) is 0 Å². The van der Waals surface area contributed by atoms with Gasteiger partial charge in [0.2, 0.25) is 0 Å². The SMILES string of the molecule is COCCC1(NC(=O)c2ccc(OC)c(F)c2)CCN(CC2CC2)CC1. The van der Waals surface area contributed by atoms with Gasteiger partial charge in [-0.05, 0) is 56.2 Å². The fourth-order valence-corrected chi connectivity index (χ4v) is 3.68. The van der Waals surface area contributed by atoms with Gasteiger partial charge in [0.15, 0.2) is 11.6 Å². The quantitative estimate of drug-likeness (QED) is 0.771. The minimum Gasteiger partial charge on any atom is -0.494 e. The van der Waals surface area contributed by atoms with E-state index in [-0.39, 0.29) is 17.2 Å². The number of nitrogens with one attached hydrogen (secondary N) is 1. The van der Waals surface area contributed by atoms with E-state index in [9.17, 15) is 9.18 Å². The molecular weight excluding hydrogens is 335 g/mol. The van der Waals surface area contributed by atoms with E-state index in [1.54, 1.807) is 13.2 Å². The van der Waals surface area contributed by atoms with Crippen LogP contribution in [0.25, 0.3) is 0 Å². The van der Waals surface area contributed by atoms with Gasteiger partial charge in [-0.15, -0.1) is 0 Å². The summed E-state index contributed by atoms with van der Waals surface area (Å²) < 4.78 is 24.1. The van der Waals surface area contributed by atoms with E-state index in [0.29, 0.717) is 12.2 Å². The Kier molecular flexibility index (Phi) is 6.14. The van der Waals surface area contributed by atoms with Crippen molar-refractivity contribution in [1.29, 1.82) is 0 Å². The normalized spacial score (nSPS) is 20.0. The van der Waals surface area contributed by atoms with Gasteiger partial charge >= 0.3 is 0 Å². The number of methoxy groups -OCH3 is 2. The lowest BCUT2D eigenvalue weighted by atomic mass is 9.84. The summed E-state index contributed by atoms with van der Waals surface area (Å²) in [4.78, 5) is 15.2. The summed E-state index contributed by atoms with van der Waals surface area (Å²) in [5.41, 5.74) is 0.0318. The van der Waals surface area contributed by atoms with Crippen LogP contribution in [-0.4, -0.2) is 56.8 Å². The number of hydrogen-bond acceptors (Lipinski definition) is 4. The summed E-state index contributed by atoms with van der Waals surface area (Å²) >= 11 is 0. The highest BCUT2D eigenvalue weighted by atomic mass is 19.1. The molecule has 1 amide bonds. The average Bonchev–Trinajstić information content (AvgIpc) is 3.46. The van der Waals surface area contributed by atoms with Crippen LogP contribution in [-0.2, 0) is 4.74 Å². The first-order chi connectivity index (χ1) is 12.5. The highest BCUT2D eigenvalue weighted by molar-refractivity contribution is 5.94. The Bertz CT molecular complexity index is 625. The zero-order chi connectivity index (χ0) is 18.6. The molecular formula is C20H29FN2O3. The summed E-state index contributed by atoms with van der Waals surface area (Å²) in [5.74, 6) is 0.256. The molecule has 1 N–H and O–H groups in total. The molecule has 26 heavy (non-hydrogen) atoms. The monoisotopic (exact) mass is 364 g/mol. The number of benzene rings is 1. The van der Waals surface area contributed by atoms with Crippen LogP contribution in [0.2, 0.25) is 0 Å². The number of carbonyl (C=O) groups excluding carboxylic acids is 1. The smallest absolute Gasteiger partial charge is 0.251 e. The van der Waals surface area contributed by atoms with E-state index >= 15 is 0 Å². The summed E-state index contributed by atoms with van der Waals surface area (Å²) in [6, 6.07) is 4.33. The number of halogens is 1. The van der Waals surface area contributed by atoms with E-state index in [1.165, 1.54) is 38.6 Å². The molecule has 2 fully saturated rings. The molecule has 1 aromatic rings. The number of rotatable bonds is 8. The average molecular weight is 364 g/mol. The number of hydrogen-bond donors (Lipinski definition) is 1. The Morgan fingerprint density at radius 1 is 1.31 bits per heavy atom. The van der Waals surface area contributed by atoms with Gasteiger partial charge < -0.3 is 19.7 Å². The third-order valence-electron chi connectivity index (χ3n) is 5.60. The van der Waals surface area contributed by atoms with Gasteiger partial charge in [-0.3, -0.25) is 4.79 Å². The van der Waals surface area contributed by atoms with Gasteiger partial charge in [0, 0.05) is 44.5 Å². The molecule has 3 rings (SSSR count). The van der Waals surface area contributed by atoms with E-state index < -0.39 is 5.82 Å². The van der Waals surface area contributed by atoms with Gasteiger partial charge in [-0.1, -0.05) is 0 Å². The van der Waals surface area contributed by atoms with Crippen LogP contribution in [0.5, 0.6) is 5.75 Å². The molecule has 0 bridgehead atoms. The van der Waals surface area contributed by atoms with E-state index in [0.717, 1.165) is 38.3 Å². The maximum Gasteiger partial charge on any atom is 0.251 e.